The third-order valence-electron chi connectivity index (χ3n) is 4.48. The second-order valence-electron chi connectivity index (χ2n) is 6.43. The van der Waals surface area contributed by atoms with Gasteiger partial charge in [0, 0.05) is 6.20 Å². The van der Waals surface area contributed by atoms with Crippen molar-refractivity contribution in [2.75, 3.05) is 0 Å². The first-order valence-corrected chi connectivity index (χ1v) is 8.92. The number of hydrogen-bond donors (Lipinski definition) is 0. The van der Waals surface area contributed by atoms with E-state index >= 15 is 0 Å². The summed E-state index contributed by atoms with van der Waals surface area (Å²) in [5.74, 6) is 0.109. The summed E-state index contributed by atoms with van der Waals surface area (Å²) >= 11 is 0. The normalized spacial score (nSPS) is 11.0. The van der Waals surface area contributed by atoms with E-state index in [2.05, 4.69) is 16.0 Å². The van der Waals surface area contributed by atoms with Crippen LogP contribution in [-0.2, 0) is 6.54 Å². The monoisotopic (exact) mass is 382 g/mol. The van der Waals surface area contributed by atoms with E-state index in [4.69, 9.17) is 5.26 Å². The highest BCUT2D eigenvalue weighted by atomic mass is 19.1. The molecule has 2 aromatic carbocycles. The maximum Gasteiger partial charge on any atom is 0.263 e. The predicted molar refractivity (Wildman–Crippen MR) is 109 cm³/mol. The fraction of sp³-hybridized carbons (Fsp3) is 0.0435. The Hall–Kier alpha value is -4.11. The minimum Gasteiger partial charge on any atom is -0.288 e. The van der Waals surface area contributed by atoms with Gasteiger partial charge in [-0.2, -0.15) is 5.26 Å². The fourth-order valence-electron chi connectivity index (χ4n) is 2.96. The van der Waals surface area contributed by atoms with Gasteiger partial charge in [-0.3, -0.25) is 9.36 Å². The van der Waals surface area contributed by atoms with Gasteiger partial charge >= 0.3 is 0 Å². The minimum atomic E-state index is -0.331. The van der Waals surface area contributed by atoms with Gasteiger partial charge in [-0.25, -0.2) is 14.4 Å². The number of nitriles is 1. The van der Waals surface area contributed by atoms with Gasteiger partial charge in [0.15, 0.2) is 5.65 Å². The van der Waals surface area contributed by atoms with Crippen molar-refractivity contribution in [1.29, 1.82) is 5.26 Å². The molecule has 140 valence electrons. The average molecular weight is 382 g/mol. The zero-order chi connectivity index (χ0) is 20.2. The molecule has 0 aliphatic rings. The van der Waals surface area contributed by atoms with Crippen molar-refractivity contribution in [2.45, 2.75) is 6.54 Å². The molecule has 0 saturated carbocycles. The lowest BCUT2D eigenvalue weighted by molar-refractivity contribution is 0.626. The van der Waals surface area contributed by atoms with Crippen LogP contribution in [0.1, 0.15) is 22.5 Å². The summed E-state index contributed by atoms with van der Waals surface area (Å²) in [6, 6.07) is 18.6. The highest BCUT2D eigenvalue weighted by molar-refractivity contribution is 5.76. The van der Waals surface area contributed by atoms with Gasteiger partial charge in [0.05, 0.1) is 23.6 Å². The Morgan fingerprint density at radius 3 is 2.52 bits per heavy atom. The van der Waals surface area contributed by atoms with Crippen LogP contribution in [0.25, 0.3) is 23.2 Å². The zero-order valence-corrected chi connectivity index (χ0v) is 15.3. The Bertz CT molecular complexity index is 1300. The molecule has 4 rings (SSSR count). The quantitative estimate of drug-likeness (QED) is 0.534. The molecular weight excluding hydrogens is 367 g/mol. The summed E-state index contributed by atoms with van der Waals surface area (Å²) in [5.41, 5.74) is 2.38. The summed E-state index contributed by atoms with van der Waals surface area (Å²) in [6.07, 6.45) is 5.15. The summed E-state index contributed by atoms with van der Waals surface area (Å²) in [4.78, 5) is 21.8. The summed E-state index contributed by atoms with van der Waals surface area (Å²) in [6.45, 7) is 0.254. The van der Waals surface area contributed by atoms with E-state index in [0.717, 1.165) is 11.1 Å². The molecule has 0 unspecified atom stereocenters. The Morgan fingerprint density at radius 2 is 1.79 bits per heavy atom. The highest BCUT2D eigenvalue weighted by Crippen LogP contribution is 2.13. The largest absolute Gasteiger partial charge is 0.288 e. The molecule has 0 spiro atoms. The van der Waals surface area contributed by atoms with E-state index < -0.39 is 0 Å². The predicted octanol–water partition coefficient (Wildman–Crippen LogP) is 4.02. The van der Waals surface area contributed by atoms with Crippen molar-refractivity contribution >= 4 is 23.2 Å². The summed E-state index contributed by atoms with van der Waals surface area (Å²) in [5, 5.41) is 9.34. The average Bonchev–Trinajstić information content (AvgIpc) is 2.76. The SMILES string of the molecule is N#Cc1ccc(/C=C/c2nc3ncccc3c(=O)n2Cc2ccc(F)cc2)cc1. The lowest BCUT2D eigenvalue weighted by Crippen LogP contribution is -2.24. The lowest BCUT2D eigenvalue weighted by atomic mass is 10.1. The van der Waals surface area contributed by atoms with E-state index in [9.17, 15) is 9.18 Å². The van der Waals surface area contributed by atoms with Gasteiger partial charge in [-0.05, 0) is 53.6 Å². The molecule has 0 amide bonds. The number of benzene rings is 2. The van der Waals surface area contributed by atoms with Crippen LogP contribution in [0.2, 0.25) is 0 Å². The summed E-state index contributed by atoms with van der Waals surface area (Å²) in [7, 11) is 0. The lowest BCUT2D eigenvalue weighted by Gasteiger charge is -2.11. The molecule has 0 aliphatic carbocycles. The molecule has 6 heteroatoms. The van der Waals surface area contributed by atoms with Crippen LogP contribution in [0.4, 0.5) is 4.39 Å². The van der Waals surface area contributed by atoms with Crippen LogP contribution in [0.15, 0.2) is 71.7 Å². The first-order chi connectivity index (χ1) is 14.1. The molecular formula is C23H15FN4O. The van der Waals surface area contributed by atoms with Crippen molar-refractivity contribution in [2.24, 2.45) is 0 Å². The number of rotatable bonds is 4. The molecule has 5 nitrogen and oxygen atoms in total. The molecule has 0 fully saturated rings. The standard InChI is InChI=1S/C23H15FN4O/c24-19-10-7-18(8-11-19)15-28-21(12-9-16-3-5-17(14-25)6-4-16)27-22-20(23(28)29)2-1-13-26-22/h1-13H,15H2/b12-9+. The molecule has 0 saturated heterocycles. The molecule has 2 aromatic heterocycles. The van der Waals surface area contributed by atoms with Crippen LogP contribution in [0.3, 0.4) is 0 Å². The number of hydrogen-bond acceptors (Lipinski definition) is 4. The van der Waals surface area contributed by atoms with Gasteiger partial charge < -0.3 is 0 Å². The third-order valence-corrected chi connectivity index (χ3v) is 4.48. The molecule has 0 bridgehead atoms. The molecule has 0 atom stereocenters. The van der Waals surface area contributed by atoms with Crippen LogP contribution in [-0.4, -0.2) is 14.5 Å². The smallest absolute Gasteiger partial charge is 0.263 e. The molecule has 2 heterocycles. The summed E-state index contributed by atoms with van der Waals surface area (Å²) < 4.78 is 14.8. The molecule has 0 radical (unpaired) electrons. The number of fused-ring (bicyclic) bond motifs is 1. The maximum atomic E-state index is 13.2. The van der Waals surface area contributed by atoms with Crippen LogP contribution in [0, 0.1) is 17.1 Å². The molecule has 0 aliphatic heterocycles. The maximum absolute atomic E-state index is 13.2. The van der Waals surface area contributed by atoms with Crippen molar-refractivity contribution in [3.8, 4) is 6.07 Å². The molecule has 4 aromatic rings. The zero-order valence-electron chi connectivity index (χ0n) is 15.3. The molecule has 0 N–H and O–H groups in total. The number of halogens is 1. The van der Waals surface area contributed by atoms with Crippen LogP contribution in [0.5, 0.6) is 0 Å². The van der Waals surface area contributed by atoms with E-state index in [-0.39, 0.29) is 17.9 Å². The van der Waals surface area contributed by atoms with Gasteiger partial charge in [0.1, 0.15) is 11.6 Å². The van der Waals surface area contributed by atoms with E-state index in [0.29, 0.717) is 22.4 Å². The van der Waals surface area contributed by atoms with Gasteiger partial charge in [0.2, 0.25) is 0 Å². The van der Waals surface area contributed by atoms with Crippen LogP contribution < -0.4 is 5.56 Å². The van der Waals surface area contributed by atoms with Crippen LogP contribution >= 0.6 is 0 Å². The number of aromatic nitrogens is 3. The second-order valence-corrected chi connectivity index (χ2v) is 6.43. The van der Waals surface area contributed by atoms with Gasteiger partial charge in [0.25, 0.3) is 5.56 Å². The topological polar surface area (TPSA) is 71.6 Å². The Morgan fingerprint density at radius 1 is 1.03 bits per heavy atom. The van der Waals surface area contributed by atoms with Gasteiger partial charge in [-0.1, -0.05) is 30.3 Å². The Labute approximate surface area is 166 Å². The highest BCUT2D eigenvalue weighted by Gasteiger charge is 2.10. The van der Waals surface area contributed by atoms with E-state index in [1.807, 2.05) is 18.2 Å². The van der Waals surface area contributed by atoms with Crippen molar-refractivity contribution in [3.05, 3.63) is 106 Å². The first-order valence-electron chi connectivity index (χ1n) is 8.92. The number of nitrogens with zero attached hydrogens (tertiary/aromatic N) is 4. The minimum absolute atomic E-state index is 0.216. The molecule has 29 heavy (non-hydrogen) atoms. The number of pyridine rings is 1. The van der Waals surface area contributed by atoms with Gasteiger partial charge in [-0.15, -0.1) is 0 Å². The van der Waals surface area contributed by atoms with Crippen molar-refractivity contribution in [3.63, 3.8) is 0 Å². The van der Waals surface area contributed by atoms with Crippen molar-refractivity contribution in [1.82, 2.24) is 14.5 Å². The van der Waals surface area contributed by atoms with E-state index in [1.54, 1.807) is 48.7 Å². The Balaban J connectivity index is 1.80. The second kappa shape index (κ2) is 7.87. The third kappa shape index (κ3) is 3.94. The fourth-order valence-corrected chi connectivity index (χ4v) is 2.96. The van der Waals surface area contributed by atoms with E-state index in [1.165, 1.54) is 16.7 Å². The first kappa shape index (κ1) is 18.3. The van der Waals surface area contributed by atoms with Crippen molar-refractivity contribution < 1.29 is 4.39 Å². The Kier molecular flexibility index (Phi) is 4.95.